The van der Waals surface area contributed by atoms with Crippen molar-refractivity contribution in [3.63, 3.8) is 0 Å². The predicted octanol–water partition coefficient (Wildman–Crippen LogP) is 0.335. The minimum absolute atomic E-state index is 0.210. The van der Waals surface area contributed by atoms with Gasteiger partial charge >= 0.3 is 0 Å². The number of piperazine rings is 1. The van der Waals surface area contributed by atoms with Gasteiger partial charge in [-0.2, -0.15) is 0 Å². The predicted molar refractivity (Wildman–Crippen MR) is 77.1 cm³/mol. The molecule has 3 rings (SSSR count). The average molecular weight is 274 g/mol. The number of nitrogens with one attached hydrogen (secondary N) is 1. The SMILES string of the molecule is O=C(C1CCNC1)N1CCN(Cc2ccncc2)CC1. The van der Waals surface area contributed by atoms with Gasteiger partial charge in [0.1, 0.15) is 0 Å². The van der Waals surface area contributed by atoms with Gasteiger partial charge in [-0.15, -0.1) is 0 Å². The van der Waals surface area contributed by atoms with Gasteiger partial charge in [-0.1, -0.05) is 0 Å². The third-order valence-corrected chi connectivity index (χ3v) is 4.25. The van der Waals surface area contributed by atoms with Crippen molar-refractivity contribution >= 4 is 5.91 Å². The van der Waals surface area contributed by atoms with Crippen LogP contribution in [-0.2, 0) is 11.3 Å². The van der Waals surface area contributed by atoms with Crippen LogP contribution in [0.4, 0.5) is 0 Å². The van der Waals surface area contributed by atoms with Gasteiger partial charge in [0, 0.05) is 51.7 Å². The molecule has 108 valence electrons. The van der Waals surface area contributed by atoms with E-state index in [9.17, 15) is 4.79 Å². The summed E-state index contributed by atoms with van der Waals surface area (Å²) in [7, 11) is 0. The van der Waals surface area contributed by atoms with E-state index in [-0.39, 0.29) is 5.92 Å². The van der Waals surface area contributed by atoms with Crippen LogP contribution in [0.1, 0.15) is 12.0 Å². The van der Waals surface area contributed by atoms with Gasteiger partial charge in [-0.05, 0) is 30.7 Å². The summed E-state index contributed by atoms with van der Waals surface area (Å²) in [6.45, 7) is 6.45. The Bertz CT molecular complexity index is 436. The number of hydrogen-bond acceptors (Lipinski definition) is 4. The van der Waals surface area contributed by atoms with Gasteiger partial charge in [-0.25, -0.2) is 0 Å². The molecular weight excluding hydrogens is 252 g/mol. The molecule has 2 saturated heterocycles. The van der Waals surface area contributed by atoms with Crippen LogP contribution in [0.5, 0.6) is 0 Å². The summed E-state index contributed by atoms with van der Waals surface area (Å²) in [5, 5.41) is 3.27. The fraction of sp³-hybridized carbons (Fsp3) is 0.600. The van der Waals surface area contributed by atoms with Crippen molar-refractivity contribution in [1.29, 1.82) is 0 Å². The first-order valence-corrected chi connectivity index (χ1v) is 7.44. The number of amides is 1. The third-order valence-electron chi connectivity index (χ3n) is 4.25. The van der Waals surface area contributed by atoms with E-state index in [1.165, 1.54) is 5.56 Å². The molecule has 5 nitrogen and oxygen atoms in total. The van der Waals surface area contributed by atoms with Crippen molar-refractivity contribution in [2.75, 3.05) is 39.3 Å². The first-order chi connectivity index (χ1) is 9.83. The number of pyridine rings is 1. The number of rotatable bonds is 3. The van der Waals surface area contributed by atoms with Gasteiger partial charge in [0.05, 0.1) is 5.92 Å². The standard InChI is InChI=1S/C15H22N4O/c20-15(14-3-6-17-11-14)19-9-7-18(8-10-19)12-13-1-4-16-5-2-13/h1-2,4-5,14,17H,3,6-12H2. The van der Waals surface area contributed by atoms with Crippen molar-refractivity contribution < 1.29 is 4.79 Å². The van der Waals surface area contributed by atoms with E-state index in [0.717, 1.165) is 52.2 Å². The number of aromatic nitrogens is 1. The van der Waals surface area contributed by atoms with Gasteiger partial charge in [0.15, 0.2) is 0 Å². The molecule has 1 aromatic heterocycles. The second kappa shape index (κ2) is 6.33. The smallest absolute Gasteiger partial charge is 0.227 e. The highest BCUT2D eigenvalue weighted by atomic mass is 16.2. The molecule has 0 aliphatic carbocycles. The molecule has 1 unspecified atom stereocenters. The van der Waals surface area contributed by atoms with Crippen molar-refractivity contribution in [1.82, 2.24) is 20.1 Å². The summed E-state index contributed by atoms with van der Waals surface area (Å²) >= 11 is 0. The third kappa shape index (κ3) is 3.16. The Labute approximate surface area is 120 Å². The molecule has 1 amide bonds. The zero-order valence-electron chi connectivity index (χ0n) is 11.8. The summed E-state index contributed by atoms with van der Waals surface area (Å²) in [6.07, 6.45) is 4.67. The average Bonchev–Trinajstić information content (AvgIpc) is 3.03. The highest BCUT2D eigenvalue weighted by molar-refractivity contribution is 5.79. The van der Waals surface area contributed by atoms with Crippen LogP contribution >= 0.6 is 0 Å². The molecule has 1 atom stereocenters. The van der Waals surface area contributed by atoms with Crippen LogP contribution in [0.25, 0.3) is 0 Å². The Morgan fingerprint density at radius 1 is 1.25 bits per heavy atom. The van der Waals surface area contributed by atoms with Crippen LogP contribution in [0.15, 0.2) is 24.5 Å². The summed E-state index contributed by atoms with van der Waals surface area (Å²) in [4.78, 5) is 20.8. The Morgan fingerprint density at radius 2 is 2.00 bits per heavy atom. The number of carbonyl (C=O) groups is 1. The lowest BCUT2D eigenvalue weighted by Crippen LogP contribution is -2.50. The van der Waals surface area contributed by atoms with Crippen LogP contribution in [0.2, 0.25) is 0 Å². The number of hydrogen-bond donors (Lipinski definition) is 1. The molecule has 0 bridgehead atoms. The lowest BCUT2D eigenvalue weighted by atomic mass is 10.1. The summed E-state index contributed by atoms with van der Waals surface area (Å²) < 4.78 is 0. The fourth-order valence-corrected chi connectivity index (χ4v) is 3.00. The van der Waals surface area contributed by atoms with Gasteiger partial charge in [0.2, 0.25) is 5.91 Å². The van der Waals surface area contributed by atoms with E-state index in [0.29, 0.717) is 5.91 Å². The molecule has 5 heteroatoms. The van der Waals surface area contributed by atoms with Gasteiger partial charge < -0.3 is 10.2 Å². The normalized spacial score (nSPS) is 24.0. The van der Waals surface area contributed by atoms with E-state index < -0.39 is 0 Å². The maximum absolute atomic E-state index is 12.3. The molecule has 0 aromatic carbocycles. The van der Waals surface area contributed by atoms with E-state index in [4.69, 9.17) is 0 Å². The van der Waals surface area contributed by atoms with E-state index >= 15 is 0 Å². The van der Waals surface area contributed by atoms with Crippen molar-refractivity contribution in [2.45, 2.75) is 13.0 Å². The van der Waals surface area contributed by atoms with E-state index in [2.05, 4.69) is 27.3 Å². The first kappa shape index (κ1) is 13.5. The topological polar surface area (TPSA) is 48.5 Å². The van der Waals surface area contributed by atoms with Crippen LogP contribution in [-0.4, -0.2) is 60.0 Å². The number of nitrogens with zero attached hydrogens (tertiary/aromatic N) is 3. The molecule has 3 heterocycles. The van der Waals surface area contributed by atoms with Gasteiger partial charge in [0.25, 0.3) is 0 Å². The summed E-state index contributed by atoms with van der Waals surface area (Å²) in [5.74, 6) is 0.556. The minimum Gasteiger partial charge on any atom is -0.340 e. The van der Waals surface area contributed by atoms with Crippen molar-refractivity contribution in [3.05, 3.63) is 30.1 Å². The minimum atomic E-state index is 0.210. The maximum Gasteiger partial charge on any atom is 0.227 e. The zero-order chi connectivity index (χ0) is 13.8. The van der Waals surface area contributed by atoms with Crippen LogP contribution < -0.4 is 5.32 Å². The highest BCUT2D eigenvalue weighted by Gasteiger charge is 2.29. The number of carbonyl (C=O) groups excluding carboxylic acids is 1. The largest absolute Gasteiger partial charge is 0.340 e. The molecule has 0 saturated carbocycles. The lowest BCUT2D eigenvalue weighted by molar-refractivity contribution is -0.136. The van der Waals surface area contributed by atoms with Crippen LogP contribution in [0.3, 0.4) is 0 Å². The molecule has 1 aromatic rings. The lowest BCUT2D eigenvalue weighted by Gasteiger charge is -2.35. The molecule has 20 heavy (non-hydrogen) atoms. The second-order valence-electron chi connectivity index (χ2n) is 5.65. The van der Waals surface area contributed by atoms with Crippen LogP contribution in [0, 0.1) is 5.92 Å². The zero-order valence-corrected chi connectivity index (χ0v) is 11.8. The molecule has 0 radical (unpaired) electrons. The fourth-order valence-electron chi connectivity index (χ4n) is 3.00. The van der Waals surface area contributed by atoms with E-state index in [1.807, 2.05) is 17.3 Å². The van der Waals surface area contributed by atoms with Gasteiger partial charge in [-0.3, -0.25) is 14.7 Å². The Hall–Kier alpha value is -1.46. The Balaban J connectivity index is 1.48. The summed E-state index contributed by atoms with van der Waals surface area (Å²) in [6, 6.07) is 4.11. The monoisotopic (exact) mass is 274 g/mol. The maximum atomic E-state index is 12.3. The van der Waals surface area contributed by atoms with Crippen molar-refractivity contribution in [2.24, 2.45) is 5.92 Å². The molecule has 1 N–H and O–H groups in total. The summed E-state index contributed by atoms with van der Waals surface area (Å²) in [5.41, 5.74) is 1.29. The van der Waals surface area contributed by atoms with Crippen molar-refractivity contribution in [3.8, 4) is 0 Å². The quantitative estimate of drug-likeness (QED) is 0.863. The Morgan fingerprint density at radius 3 is 2.65 bits per heavy atom. The molecule has 2 fully saturated rings. The highest BCUT2D eigenvalue weighted by Crippen LogP contribution is 2.14. The first-order valence-electron chi connectivity index (χ1n) is 7.44. The molecule has 2 aliphatic heterocycles. The second-order valence-corrected chi connectivity index (χ2v) is 5.65. The Kier molecular flexibility index (Phi) is 4.28. The molecule has 0 spiro atoms. The van der Waals surface area contributed by atoms with E-state index in [1.54, 1.807) is 0 Å². The molecule has 2 aliphatic rings. The molecular formula is C15H22N4O.